The van der Waals surface area contributed by atoms with Crippen molar-refractivity contribution in [2.45, 2.75) is 71.4 Å². The van der Waals surface area contributed by atoms with Crippen LogP contribution in [0.3, 0.4) is 0 Å². The fourth-order valence-electron chi connectivity index (χ4n) is 6.62. The highest BCUT2D eigenvalue weighted by atomic mass is 32.1. The van der Waals surface area contributed by atoms with Gasteiger partial charge in [-0.3, -0.25) is 14.5 Å². The number of nitrogens with two attached hydrogens (primary N) is 1. The number of ether oxygens (including phenoxy) is 3. The number of fused-ring (bicyclic) bond motifs is 1. The Balaban J connectivity index is 1.25. The van der Waals surface area contributed by atoms with Gasteiger partial charge < -0.3 is 30.4 Å². The number of rotatable bonds is 14. The number of nitrogens with one attached hydrogen (secondary N) is 1. The molecule has 0 bridgehead atoms. The number of esters is 1. The minimum atomic E-state index is -1.53. The van der Waals surface area contributed by atoms with Gasteiger partial charge in [-0.05, 0) is 117 Å². The van der Waals surface area contributed by atoms with E-state index in [2.05, 4.69) is 52.7 Å². The van der Waals surface area contributed by atoms with Gasteiger partial charge in [0.2, 0.25) is 5.91 Å². The van der Waals surface area contributed by atoms with E-state index in [-0.39, 0.29) is 6.42 Å². The van der Waals surface area contributed by atoms with Gasteiger partial charge in [0.25, 0.3) is 0 Å². The molecule has 0 radical (unpaired) electrons. The highest BCUT2D eigenvalue weighted by Gasteiger charge is 2.31. The molecule has 4 aromatic carbocycles. The van der Waals surface area contributed by atoms with Crippen molar-refractivity contribution >= 4 is 39.0 Å². The summed E-state index contributed by atoms with van der Waals surface area (Å²) in [4.78, 5) is 29.2. The first-order valence-electron chi connectivity index (χ1n) is 18.1. The average molecular weight is 736 g/mol. The lowest BCUT2D eigenvalue weighted by atomic mass is 9.97. The summed E-state index contributed by atoms with van der Waals surface area (Å²) >= 11 is 1.71. The maximum atomic E-state index is 13.0. The highest BCUT2D eigenvalue weighted by molar-refractivity contribution is 7.22. The van der Waals surface area contributed by atoms with Crippen LogP contribution >= 0.6 is 11.3 Å². The summed E-state index contributed by atoms with van der Waals surface area (Å²) in [6.07, 6.45) is 1.34. The molecule has 10 heteroatoms. The Morgan fingerprint density at radius 1 is 0.943 bits per heavy atom. The second-order valence-corrected chi connectivity index (χ2v) is 15.7. The predicted molar refractivity (Wildman–Crippen MR) is 211 cm³/mol. The summed E-state index contributed by atoms with van der Waals surface area (Å²) in [5, 5.41) is 14.0. The lowest BCUT2D eigenvalue weighted by Gasteiger charge is -2.25. The topological polar surface area (TPSA) is 123 Å². The number of amides is 1. The Bertz CT molecular complexity index is 2010. The number of aliphatic hydroxyl groups excluding tert-OH is 1. The normalized spacial score (nSPS) is 14.5. The van der Waals surface area contributed by atoms with Crippen LogP contribution in [0, 0.1) is 5.92 Å². The number of benzene rings is 4. The number of aliphatic hydroxyl groups is 1. The van der Waals surface area contributed by atoms with Gasteiger partial charge in [0.1, 0.15) is 35.9 Å². The minimum absolute atomic E-state index is 0.316. The number of nitrogens with zero attached hydrogens (tertiary/aromatic N) is 1. The van der Waals surface area contributed by atoms with Crippen LogP contribution in [0.5, 0.6) is 11.5 Å². The third-order valence-electron chi connectivity index (χ3n) is 9.30. The van der Waals surface area contributed by atoms with Crippen LogP contribution in [0.25, 0.3) is 20.5 Å². The zero-order valence-corrected chi connectivity index (χ0v) is 31.7. The fourth-order valence-corrected chi connectivity index (χ4v) is 7.88. The third kappa shape index (κ3) is 10.0. The van der Waals surface area contributed by atoms with Crippen molar-refractivity contribution in [1.82, 2.24) is 4.90 Å². The lowest BCUT2D eigenvalue weighted by molar-refractivity contribution is -0.165. The molecular weight excluding hydrogens is 687 g/mol. The Morgan fingerprint density at radius 3 is 2.36 bits per heavy atom. The summed E-state index contributed by atoms with van der Waals surface area (Å²) in [5.74, 6) is -0.653. The van der Waals surface area contributed by atoms with Crippen LogP contribution < -0.4 is 20.5 Å². The molecule has 2 heterocycles. The summed E-state index contributed by atoms with van der Waals surface area (Å²) in [6, 6.07) is 30.6. The number of hydrogen-bond donors (Lipinski definition) is 3. The SMILES string of the molecule is COc1cc(Cc2c(-c3ccc(NC(=O)C[C@@H](C(=O)OC(C)(C)C)C(N)O)cc3)sc3cc(OCc4ccccc4)ccc23)ccc1CN1CCCC1. The number of likely N-dealkylation sites (tertiary alicyclic amines) is 1. The molecule has 1 unspecified atom stereocenters. The quantitative estimate of drug-likeness (QED) is 0.0777. The van der Waals surface area contributed by atoms with Crippen molar-refractivity contribution < 1.29 is 28.9 Å². The molecule has 0 spiro atoms. The highest BCUT2D eigenvalue weighted by Crippen LogP contribution is 2.42. The molecule has 5 aromatic rings. The summed E-state index contributed by atoms with van der Waals surface area (Å²) in [7, 11) is 1.74. The van der Waals surface area contributed by atoms with Crippen molar-refractivity contribution in [3.8, 4) is 21.9 Å². The molecule has 0 aliphatic carbocycles. The number of carbonyl (C=O) groups is 2. The van der Waals surface area contributed by atoms with Gasteiger partial charge in [-0.25, -0.2) is 0 Å². The molecule has 1 fully saturated rings. The number of methoxy groups -OCH3 is 1. The fraction of sp³-hybridized carbons (Fsp3) is 0.349. The van der Waals surface area contributed by atoms with E-state index < -0.39 is 29.6 Å². The maximum Gasteiger partial charge on any atom is 0.314 e. The average Bonchev–Trinajstić information content (AvgIpc) is 3.78. The van der Waals surface area contributed by atoms with E-state index in [1.54, 1.807) is 39.2 Å². The molecule has 1 aromatic heterocycles. The lowest BCUT2D eigenvalue weighted by Crippen LogP contribution is -2.41. The van der Waals surface area contributed by atoms with Crippen LogP contribution in [0.2, 0.25) is 0 Å². The van der Waals surface area contributed by atoms with Crippen molar-refractivity contribution in [3.05, 3.63) is 113 Å². The van der Waals surface area contributed by atoms with Crippen molar-refractivity contribution in [2.24, 2.45) is 11.7 Å². The van der Waals surface area contributed by atoms with Gasteiger partial charge in [0.15, 0.2) is 0 Å². The molecule has 1 aliphatic heterocycles. The number of thiophene rings is 1. The first-order chi connectivity index (χ1) is 25.5. The maximum absolute atomic E-state index is 13.0. The Labute approximate surface area is 315 Å². The van der Waals surface area contributed by atoms with E-state index in [1.165, 1.54) is 24.0 Å². The number of anilines is 1. The largest absolute Gasteiger partial charge is 0.496 e. The van der Waals surface area contributed by atoms with Crippen molar-refractivity contribution in [1.29, 1.82) is 0 Å². The van der Waals surface area contributed by atoms with E-state index in [1.807, 2.05) is 48.5 Å². The Hall–Kier alpha value is -4.74. The first-order valence-corrected chi connectivity index (χ1v) is 18.9. The van der Waals surface area contributed by atoms with E-state index in [0.29, 0.717) is 18.7 Å². The second-order valence-electron chi connectivity index (χ2n) is 14.6. The molecule has 1 saturated heterocycles. The zero-order chi connectivity index (χ0) is 37.5. The van der Waals surface area contributed by atoms with Gasteiger partial charge in [0.05, 0.1) is 7.11 Å². The molecule has 1 amide bonds. The molecule has 0 saturated carbocycles. The summed E-state index contributed by atoms with van der Waals surface area (Å²) < 4.78 is 18.6. The van der Waals surface area contributed by atoms with Crippen molar-refractivity contribution in [3.63, 3.8) is 0 Å². The standard InChI is InChI=1S/C43H49N3O6S/c1-43(2,3)52-42(49)36(41(44)48)25-39(47)45-32-16-14-30(15-17-32)40-35(22-29-12-13-31(37(23-29)50-4)26-46-20-8-9-21-46)34-19-18-33(24-38(34)53-40)51-27-28-10-6-5-7-11-28/h5-7,10-19,23-24,36,41,48H,8-9,20-22,25-27,44H2,1-4H3,(H,45,47)/t36-,41?/m1/s1. The van der Waals surface area contributed by atoms with Crippen molar-refractivity contribution in [2.75, 3.05) is 25.5 Å². The van der Waals surface area contributed by atoms with Crippen LogP contribution in [0.15, 0.2) is 91.0 Å². The van der Waals surface area contributed by atoms with Gasteiger partial charge in [0, 0.05) is 33.8 Å². The monoisotopic (exact) mass is 735 g/mol. The van der Waals surface area contributed by atoms with Crippen LogP contribution in [0.4, 0.5) is 5.69 Å². The number of hydrogen-bond acceptors (Lipinski definition) is 9. The predicted octanol–water partition coefficient (Wildman–Crippen LogP) is 7.91. The van der Waals surface area contributed by atoms with Gasteiger partial charge in [-0.1, -0.05) is 54.6 Å². The third-order valence-corrected chi connectivity index (χ3v) is 10.5. The molecule has 53 heavy (non-hydrogen) atoms. The molecule has 6 rings (SSSR count). The zero-order valence-electron chi connectivity index (χ0n) is 30.9. The first kappa shape index (κ1) is 38.0. The summed E-state index contributed by atoms with van der Waals surface area (Å²) in [5.41, 5.74) is 11.1. The number of carbonyl (C=O) groups excluding carboxylic acids is 2. The van der Waals surface area contributed by atoms with Gasteiger partial charge in [-0.15, -0.1) is 11.3 Å². The van der Waals surface area contributed by atoms with Gasteiger partial charge >= 0.3 is 5.97 Å². The molecule has 9 nitrogen and oxygen atoms in total. The van der Waals surface area contributed by atoms with E-state index >= 15 is 0 Å². The molecule has 278 valence electrons. The van der Waals surface area contributed by atoms with Crippen LogP contribution in [-0.4, -0.2) is 53.9 Å². The van der Waals surface area contributed by atoms with E-state index in [4.69, 9.17) is 19.9 Å². The minimum Gasteiger partial charge on any atom is -0.496 e. The van der Waals surface area contributed by atoms with E-state index in [9.17, 15) is 14.7 Å². The molecule has 1 aliphatic rings. The van der Waals surface area contributed by atoms with Crippen LogP contribution in [0.1, 0.15) is 62.3 Å². The molecular formula is C43H49N3O6S. The molecule has 4 N–H and O–H groups in total. The second kappa shape index (κ2) is 16.9. The Morgan fingerprint density at radius 2 is 1.68 bits per heavy atom. The van der Waals surface area contributed by atoms with E-state index in [0.717, 1.165) is 62.8 Å². The summed E-state index contributed by atoms with van der Waals surface area (Å²) in [6.45, 7) is 8.77. The van der Waals surface area contributed by atoms with Crippen LogP contribution in [-0.2, 0) is 33.9 Å². The Kier molecular flexibility index (Phi) is 12.1. The molecule has 2 atom stereocenters. The smallest absolute Gasteiger partial charge is 0.314 e. The van der Waals surface area contributed by atoms with Gasteiger partial charge in [-0.2, -0.15) is 0 Å².